The monoisotopic (exact) mass is 269 g/mol. The molecule has 106 valence electrons. The molecule has 0 aromatic heterocycles. The number of hydrogen-bond acceptors (Lipinski definition) is 4. The molecular formula is C11H18F3NO3. The van der Waals surface area contributed by atoms with E-state index in [2.05, 4.69) is 0 Å². The van der Waals surface area contributed by atoms with Crippen LogP contribution >= 0.6 is 0 Å². The number of carbonyl (C=O) groups is 1. The van der Waals surface area contributed by atoms with Gasteiger partial charge in [-0.1, -0.05) is 0 Å². The number of rotatable bonds is 4. The van der Waals surface area contributed by atoms with Crippen LogP contribution in [0.1, 0.15) is 19.8 Å². The summed E-state index contributed by atoms with van der Waals surface area (Å²) >= 11 is 0. The van der Waals surface area contributed by atoms with Gasteiger partial charge in [-0.05, 0) is 38.8 Å². The molecule has 4 nitrogen and oxygen atoms in total. The minimum atomic E-state index is -4.56. The van der Waals surface area contributed by atoms with E-state index in [4.69, 9.17) is 9.84 Å². The van der Waals surface area contributed by atoms with E-state index >= 15 is 0 Å². The third kappa shape index (κ3) is 4.45. The molecule has 1 saturated heterocycles. The summed E-state index contributed by atoms with van der Waals surface area (Å²) in [7, 11) is 0. The smallest absolute Gasteiger partial charge is 0.414 e. The molecule has 1 atom stereocenters. The Morgan fingerprint density at radius 2 is 2.00 bits per heavy atom. The molecule has 0 bridgehead atoms. The van der Waals surface area contributed by atoms with Crippen LogP contribution in [0.5, 0.6) is 0 Å². The van der Waals surface area contributed by atoms with Crippen LogP contribution in [0.25, 0.3) is 0 Å². The van der Waals surface area contributed by atoms with Crippen LogP contribution in [0.4, 0.5) is 13.2 Å². The fourth-order valence-electron chi connectivity index (χ4n) is 2.08. The average molecular weight is 269 g/mol. The van der Waals surface area contributed by atoms with Gasteiger partial charge in [-0.25, -0.2) is 0 Å². The van der Waals surface area contributed by atoms with Gasteiger partial charge in [0.2, 0.25) is 0 Å². The first kappa shape index (κ1) is 15.2. The molecule has 0 aromatic carbocycles. The molecule has 1 aliphatic rings. The maximum absolute atomic E-state index is 12.3. The molecule has 1 N–H and O–H groups in total. The summed E-state index contributed by atoms with van der Waals surface area (Å²) in [5.41, 5.74) is 0. The number of esters is 1. The Hall–Kier alpha value is -0.820. The summed E-state index contributed by atoms with van der Waals surface area (Å²) in [6, 6.07) is 0. The Morgan fingerprint density at radius 1 is 1.44 bits per heavy atom. The summed E-state index contributed by atoms with van der Waals surface area (Å²) in [5, 5.41) is 9.13. The van der Waals surface area contributed by atoms with E-state index in [1.165, 1.54) is 0 Å². The third-order valence-corrected chi connectivity index (χ3v) is 3.07. The van der Waals surface area contributed by atoms with Crippen molar-refractivity contribution in [1.82, 2.24) is 4.90 Å². The van der Waals surface area contributed by atoms with Crippen molar-refractivity contribution in [2.24, 2.45) is 5.92 Å². The number of piperidine rings is 1. The highest BCUT2D eigenvalue weighted by atomic mass is 19.4. The van der Waals surface area contributed by atoms with E-state index < -0.39 is 18.2 Å². The second-order valence-electron chi connectivity index (χ2n) is 4.41. The van der Waals surface area contributed by atoms with Gasteiger partial charge in [0.15, 0.2) is 6.10 Å². The minimum absolute atomic E-state index is 0.0999. The van der Waals surface area contributed by atoms with Gasteiger partial charge in [0.25, 0.3) is 0 Å². The van der Waals surface area contributed by atoms with Crippen molar-refractivity contribution >= 4 is 5.97 Å². The van der Waals surface area contributed by atoms with Crippen molar-refractivity contribution in [1.29, 1.82) is 0 Å². The first-order valence-corrected chi connectivity index (χ1v) is 5.97. The lowest BCUT2D eigenvalue weighted by Crippen LogP contribution is -2.44. The number of hydrogen-bond donors (Lipinski definition) is 1. The summed E-state index contributed by atoms with van der Waals surface area (Å²) < 4.78 is 41.7. The van der Waals surface area contributed by atoms with Crippen molar-refractivity contribution in [2.75, 3.05) is 26.2 Å². The Bertz CT molecular complexity index is 275. The van der Waals surface area contributed by atoms with Gasteiger partial charge in [0, 0.05) is 0 Å². The quantitative estimate of drug-likeness (QED) is 0.779. The molecular weight excluding hydrogens is 251 g/mol. The Kier molecular flexibility index (Phi) is 5.40. The van der Waals surface area contributed by atoms with Crippen LogP contribution in [-0.2, 0) is 9.53 Å². The van der Waals surface area contributed by atoms with E-state index in [1.54, 1.807) is 11.8 Å². The van der Waals surface area contributed by atoms with Crippen molar-refractivity contribution in [3.05, 3.63) is 0 Å². The molecule has 0 spiro atoms. The van der Waals surface area contributed by atoms with Gasteiger partial charge in [0.1, 0.15) is 0 Å². The van der Waals surface area contributed by atoms with Gasteiger partial charge in [-0.15, -0.1) is 0 Å². The van der Waals surface area contributed by atoms with Crippen LogP contribution in [0.15, 0.2) is 0 Å². The number of halogens is 3. The van der Waals surface area contributed by atoms with Crippen molar-refractivity contribution < 1.29 is 27.8 Å². The number of carbonyl (C=O) groups excluding carboxylic acids is 1. The number of likely N-dealkylation sites (tertiary alicyclic amines) is 1. The van der Waals surface area contributed by atoms with E-state index in [0.29, 0.717) is 19.7 Å². The molecule has 18 heavy (non-hydrogen) atoms. The van der Waals surface area contributed by atoms with Crippen LogP contribution in [0.3, 0.4) is 0 Å². The normalized spacial score (nSPS) is 20.7. The average Bonchev–Trinajstić information content (AvgIpc) is 2.28. The zero-order valence-electron chi connectivity index (χ0n) is 10.2. The molecule has 0 aliphatic carbocycles. The topological polar surface area (TPSA) is 49.8 Å². The molecule has 1 fully saturated rings. The van der Waals surface area contributed by atoms with Crippen molar-refractivity contribution in [2.45, 2.75) is 32.0 Å². The molecule has 1 heterocycles. The highest BCUT2D eigenvalue weighted by molar-refractivity contribution is 5.71. The molecule has 0 amide bonds. The molecule has 0 radical (unpaired) electrons. The lowest BCUT2D eigenvalue weighted by molar-refractivity contribution is -0.223. The standard InChI is InChI=1S/C11H18F3NO3/c1-2-18-9(16)7-15-5-3-8(4-6-15)10(17)11(12,13)14/h8,10,17H,2-7H2,1H3. The fraction of sp³-hybridized carbons (Fsp3) is 0.909. The van der Waals surface area contributed by atoms with Gasteiger partial charge in [0.05, 0.1) is 13.2 Å². The molecule has 7 heteroatoms. The maximum atomic E-state index is 12.3. The number of nitrogens with zero attached hydrogens (tertiary/aromatic N) is 1. The first-order valence-electron chi connectivity index (χ1n) is 5.97. The highest BCUT2D eigenvalue weighted by Crippen LogP contribution is 2.31. The van der Waals surface area contributed by atoms with Crippen LogP contribution in [-0.4, -0.2) is 54.5 Å². The zero-order valence-corrected chi connectivity index (χ0v) is 10.2. The molecule has 1 aliphatic heterocycles. The van der Waals surface area contributed by atoms with E-state index in [-0.39, 0.29) is 25.4 Å². The molecule has 1 unspecified atom stereocenters. The Balaban J connectivity index is 2.35. The highest BCUT2D eigenvalue weighted by Gasteiger charge is 2.44. The van der Waals surface area contributed by atoms with E-state index in [0.717, 1.165) is 0 Å². The Morgan fingerprint density at radius 3 is 2.44 bits per heavy atom. The predicted octanol–water partition coefficient (Wildman–Crippen LogP) is 1.18. The molecule has 1 rings (SSSR count). The summed E-state index contributed by atoms with van der Waals surface area (Å²) in [5.74, 6) is -1.14. The van der Waals surface area contributed by atoms with Crippen LogP contribution in [0.2, 0.25) is 0 Å². The lowest BCUT2D eigenvalue weighted by Gasteiger charge is -2.34. The van der Waals surface area contributed by atoms with Crippen LogP contribution in [0, 0.1) is 5.92 Å². The predicted molar refractivity (Wildman–Crippen MR) is 57.9 cm³/mol. The number of aliphatic hydroxyl groups is 1. The van der Waals surface area contributed by atoms with Crippen LogP contribution < -0.4 is 0 Å². The fourth-order valence-corrected chi connectivity index (χ4v) is 2.08. The van der Waals surface area contributed by atoms with E-state index in [1.807, 2.05) is 0 Å². The molecule has 0 aromatic rings. The summed E-state index contributed by atoms with van der Waals surface area (Å²) in [6.45, 7) is 2.84. The molecule has 0 saturated carbocycles. The van der Waals surface area contributed by atoms with E-state index in [9.17, 15) is 18.0 Å². The Labute approximate surface area is 104 Å². The van der Waals surface area contributed by atoms with Gasteiger partial charge in [-0.2, -0.15) is 13.2 Å². The SMILES string of the molecule is CCOC(=O)CN1CCC(C(O)C(F)(F)F)CC1. The third-order valence-electron chi connectivity index (χ3n) is 3.07. The second kappa shape index (κ2) is 6.38. The number of ether oxygens (including phenoxy) is 1. The van der Waals surface area contributed by atoms with Gasteiger partial charge in [-0.3, -0.25) is 9.69 Å². The second-order valence-corrected chi connectivity index (χ2v) is 4.41. The lowest BCUT2D eigenvalue weighted by atomic mass is 9.91. The van der Waals surface area contributed by atoms with Crippen molar-refractivity contribution in [3.63, 3.8) is 0 Å². The van der Waals surface area contributed by atoms with Gasteiger partial charge >= 0.3 is 12.1 Å². The first-order chi connectivity index (χ1) is 8.34. The maximum Gasteiger partial charge on any atom is 0.414 e. The van der Waals surface area contributed by atoms with Gasteiger partial charge < -0.3 is 9.84 Å². The minimum Gasteiger partial charge on any atom is -0.465 e. The largest absolute Gasteiger partial charge is 0.465 e. The van der Waals surface area contributed by atoms with Crippen molar-refractivity contribution in [3.8, 4) is 0 Å². The zero-order chi connectivity index (χ0) is 13.8. The number of alkyl halides is 3. The summed E-state index contributed by atoms with van der Waals surface area (Å²) in [6.07, 6.45) is -6.35. The summed E-state index contributed by atoms with van der Waals surface area (Å²) in [4.78, 5) is 12.9. The number of aliphatic hydroxyl groups excluding tert-OH is 1.